The Labute approximate surface area is 156 Å². The summed E-state index contributed by atoms with van der Waals surface area (Å²) in [5.74, 6) is -1.68. The summed E-state index contributed by atoms with van der Waals surface area (Å²) in [7, 11) is 0. The van der Waals surface area contributed by atoms with Crippen LogP contribution in [0.5, 0.6) is 0 Å². The summed E-state index contributed by atoms with van der Waals surface area (Å²) in [5, 5.41) is 9.50. The summed E-state index contributed by atoms with van der Waals surface area (Å²) < 4.78 is 28.6. The molecule has 0 spiro atoms. The highest BCUT2D eigenvalue weighted by Gasteiger charge is 2.36. The molecule has 1 aliphatic carbocycles. The molecule has 0 amide bonds. The molecule has 138 valence electrons. The van der Waals surface area contributed by atoms with Crippen molar-refractivity contribution in [1.29, 1.82) is 0 Å². The van der Waals surface area contributed by atoms with Crippen LogP contribution >= 0.6 is 0 Å². The lowest BCUT2D eigenvalue weighted by Gasteiger charge is -2.36. The zero-order valence-corrected chi connectivity index (χ0v) is 15.1. The van der Waals surface area contributed by atoms with E-state index in [-0.39, 0.29) is 22.6 Å². The summed E-state index contributed by atoms with van der Waals surface area (Å²) in [6, 6.07) is 2.42. The van der Waals surface area contributed by atoms with Gasteiger partial charge in [-0.05, 0) is 79.2 Å². The van der Waals surface area contributed by atoms with E-state index in [0.717, 1.165) is 29.7 Å². The molecule has 2 aliphatic heterocycles. The minimum absolute atomic E-state index is 0.161. The van der Waals surface area contributed by atoms with Crippen LogP contribution < -0.4 is 0 Å². The standard InChI is InChI=1S/C22H19F2NO2/c1-11-8-20(24)18(10-19(11)23)15-6-7-25-13(3)16(22(26)27)9-17(14-4-5-14)21(25)12(15)2/h6-10,14H,3-5H2,1-2H3,(H,26,27). The molecule has 5 heteroatoms. The molecule has 0 unspecified atom stereocenters. The quantitative estimate of drug-likeness (QED) is 0.810. The monoisotopic (exact) mass is 367 g/mol. The zero-order valence-electron chi connectivity index (χ0n) is 15.1. The van der Waals surface area contributed by atoms with Crippen molar-refractivity contribution < 1.29 is 18.7 Å². The summed E-state index contributed by atoms with van der Waals surface area (Å²) in [6.07, 6.45) is 7.04. The summed E-state index contributed by atoms with van der Waals surface area (Å²) in [4.78, 5) is 13.4. The average Bonchev–Trinajstić information content (AvgIpc) is 3.44. The number of carboxylic acid groups (broad SMARTS) is 1. The molecule has 1 aromatic rings. The predicted molar refractivity (Wildman–Crippen MR) is 99.3 cm³/mol. The smallest absolute Gasteiger partial charge is 0.337 e. The normalized spacial score (nSPS) is 19.5. The van der Waals surface area contributed by atoms with Gasteiger partial charge in [-0.1, -0.05) is 6.58 Å². The fourth-order valence-electron chi connectivity index (χ4n) is 3.71. The third-order valence-electron chi connectivity index (χ3n) is 5.35. The fraction of sp³-hybridized carbons (Fsp3) is 0.227. The van der Waals surface area contributed by atoms with Crippen molar-refractivity contribution in [2.75, 3.05) is 0 Å². The van der Waals surface area contributed by atoms with Crippen molar-refractivity contribution in [3.63, 3.8) is 0 Å². The lowest BCUT2D eigenvalue weighted by Crippen LogP contribution is -2.28. The Balaban J connectivity index is 1.94. The Kier molecular flexibility index (Phi) is 3.91. The third-order valence-corrected chi connectivity index (χ3v) is 5.35. The number of halogens is 2. The van der Waals surface area contributed by atoms with Crippen LogP contribution in [0.15, 0.2) is 65.2 Å². The number of nitrogens with zero attached hydrogens (tertiary/aromatic N) is 1. The van der Waals surface area contributed by atoms with Crippen LogP contribution in [-0.2, 0) is 4.79 Å². The van der Waals surface area contributed by atoms with Gasteiger partial charge in [-0.25, -0.2) is 13.6 Å². The number of hydrogen-bond donors (Lipinski definition) is 1. The molecule has 1 saturated carbocycles. The largest absolute Gasteiger partial charge is 0.478 e. The van der Waals surface area contributed by atoms with Gasteiger partial charge in [0.05, 0.1) is 17.0 Å². The fourth-order valence-corrected chi connectivity index (χ4v) is 3.71. The maximum absolute atomic E-state index is 14.6. The molecule has 1 fully saturated rings. The molecule has 0 radical (unpaired) electrons. The van der Waals surface area contributed by atoms with Gasteiger partial charge in [-0.15, -0.1) is 0 Å². The lowest BCUT2D eigenvalue weighted by molar-refractivity contribution is -0.132. The number of carbonyl (C=O) groups is 1. The second-order valence-corrected chi connectivity index (χ2v) is 7.19. The number of aliphatic carboxylic acids is 1. The molecule has 0 atom stereocenters. The SMILES string of the molecule is C=C1C(C(=O)O)=CC(C2CC2)=C2C(C)=C(c3cc(F)c(C)cc3F)C=CN12. The van der Waals surface area contributed by atoms with Crippen LogP contribution in [-0.4, -0.2) is 16.0 Å². The van der Waals surface area contributed by atoms with Crippen LogP contribution in [0.2, 0.25) is 0 Å². The van der Waals surface area contributed by atoms with Crippen LogP contribution in [0.3, 0.4) is 0 Å². The van der Waals surface area contributed by atoms with E-state index in [4.69, 9.17) is 0 Å². The van der Waals surface area contributed by atoms with Crippen molar-refractivity contribution in [3.8, 4) is 0 Å². The Hall–Kier alpha value is -2.95. The zero-order chi connectivity index (χ0) is 19.5. The number of allylic oxidation sites excluding steroid dienone is 5. The molecule has 2 heterocycles. The van der Waals surface area contributed by atoms with E-state index in [2.05, 4.69) is 6.58 Å². The predicted octanol–water partition coefficient (Wildman–Crippen LogP) is 5.08. The van der Waals surface area contributed by atoms with E-state index in [9.17, 15) is 18.7 Å². The van der Waals surface area contributed by atoms with E-state index in [1.54, 1.807) is 23.3 Å². The first-order chi connectivity index (χ1) is 12.8. The summed E-state index contributed by atoms with van der Waals surface area (Å²) in [5.41, 5.74) is 4.11. The van der Waals surface area contributed by atoms with E-state index >= 15 is 0 Å². The molecular weight excluding hydrogens is 348 g/mol. The molecule has 3 nitrogen and oxygen atoms in total. The highest BCUT2D eigenvalue weighted by atomic mass is 19.1. The van der Waals surface area contributed by atoms with Gasteiger partial charge in [0.1, 0.15) is 11.6 Å². The van der Waals surface area contributed by atoms with Crippen LogP contribution in [0, 0.1) is 24.5 Å². The van der Waals surface area contributed by atoms with Gasteiger partial charge < -0.3 is 10.0 Å². The van der Waals surface area contributed by atoms with Gasteiger partial charge in [-0.2, -0.15) is 0 Å². The van der Waals surface area contributed by atoms with Crippen molar-refractivity contribution in [1.82, 2.24) is 4.90 Å². The van der Waals surface area contributed by atoms with E-state index < -0.39 is 17.6 Å². The number of fused-ring (bicyclic) bond motifs is 1. The number of hydrogen-bond acceptors (Lipinski definition) is 2. The third kappa shape index (κ3) is 2.74. The minimum Gasteiger partial charge on any atom is -0.478 e. The van der Waals surface area contributed by atoms with Crippen LogP contribution in [0.4, 0.5) is 8.78 Å². The van der Waals surface area contributed by atoms with Gasteiger partial charge in [0.15, 0.2) is 0 Å². The second-order valence-electron chi connectivity index (χ2n) is 7.19. The number of rotatable bonds is 3. The summed E-state index contributed by atoms with van der Waals surface area (Å²) in [6.45, 7) is 7.31. The molecule has 0 aromatic heterocycles. The minimum atomic E-state index is -1.02. The first-order valence-electron chi connectivity index (χ1n) is 8.82. The second kappa shape index (κ2) is 6.05. The molecule has 27 heavy (non-hydrogen) atoms. The van der Waals surface area contributed by atoms with E-state index in [1.807, 2.05) is 6.92 Å². The Bertz CT molecular complexity index is 1020. The van der Waals surface area contributed by atoms with Crippen LogP contribution in [0.1, 0.15) is 30.9 Å². The first-order valence-corrected chi connectivity index (χ1v) is 8.82. The molecule has 1 N–H and O–H groups in total. The van der Waals surface area contributed by atoms with Gasteiger partial charge in [0.25, 0.3) is 0 Å². The number of benzene rings is 1. The average molecular weight is 367 g/mol. The molecule has 3 aliphatic rings. The Morgan fingerprint density at radius 1 is 1.22 bits per heavy atom. The highest BCUT2D eigenvalue weighted by Crippen LogP contribution is 2.47. The molecule has 4 rings (SSSR count). The van der Waals surface area contributed by atoms with Crippen molar-refractivity contribution >= 4 is 11.5 Å². The Morgan fingerprint density at radius 2 is 1.93 bits per heavy atom. The lowest BCUT2D eigenvalue weighted by atomic mass is 9.87. The topological polar surface area (TPSA) is 40.5 Å². The van der Waals surface area contributed by atoms with Gasteiger partial charge in [0.2, 0.25) is 0 Å². The van der Waals surface area contributed by atoms with Crippen molar-refractivity contribution in [3.05, 3.63) is 87.9 Å². The van der Waals surface area contributed by atoms with E-state index in [1.165, 1.54) is 19.1 Å². The highest BCUT2D eigenvalue weighted by molar-refractivity contribution is 5.94. The molecular formula is C22H19F2NO2. The van der Waals surface area contributed by atoms with Crippen molar-refractivity contribution in [2.45, 2.75) is 26.7 Å². The summed E-state index contributed by atoms with van der Waals surface area (Å²) >= 11 is 0. The molecule has 0 saturated heterocycles. The maximum atomic E-state index is 14.6. The molecule has 1 aromatic carbocycles. The Morgan fingerprint density at radius 3 is 2.56 bits per heavy atom. The van der Waals surface area contributed by atoms with Gasteiger partial charge in [0, 0.05) is 11.8 Å². The van der Waals surface area contributed by atoms with Gasteiger partial charge >= 0.3 is 5.97 Å². The number of carboxylic acids is 1. The van der Waals surface area contributed by atoms with Gasteiger partial charge in [-0.3, -0.25) is 0 Å². The maximum Gasteiger partial charge on any atom is 0.337 e. The number of aryl methyl sites for hydroxylation is 1. The molecule has 0 bridgehead atoms. The van der Waals surface area contributed by atoms with Crippen molar-refractivity contribution in [2.24, 2.45) is 5.92 Å². The van der Waals surface area contributed by atoms with E-state index in [0.29, 0.717) is 11.3 Å². The first kappa shape index (κ1) is 17.5. The van der Waals surface area contributed by atoms with Crippen LogP contribution in [0.25, 0.3) is 5.57 Å².